The number of aliphatic hydroxyl groups excluding tert-OH is 2. The van der Waals surface area contributed by atoms with Gasteiger partial charge in [-0.2, -0.15) is 0 Å². The highest BCUT2D eigenvalue weighted by atomic mass is 16.8. The van der Waals surface area contributed by atoms with E-state index in [1.54, 1.807) is 37.5 Å². The Morgan fingerprint density at radius 3 is 2.39 bits per heavy atom. The summed E-state index contributed by atoms with van der Waals surface area (Å²) < 4.78 is 63.6. The van der Waals surface area contributed by atoms with Crippen molar-refractivity contribution >= 4 is 11.9 Å². The molecule has 0 saturated carbocycles. The van der Waals surface area contributed by atoms with Gasteiger partial charge in [-0.05, 0) is 67.7 Å². The van der Waals surface area contributed by atoms with Crippen molar-refractivity contribution < 1.29 is 67.2 Å². The van der Waals surface area contributed by atoms with Crippen molar-refractivity contribution in [2.75, 3.05) is 20.8 Å². The molecule has 9 rings (SSSR count). The summed E-state index contributed by atoms with van der Waals surface area (Å²) in [5, 5.41) is 19.7. The van der Waals surface area contributed by atoms with E-state index in [9.17, 15) is 19.8 Å². The summed E-state index contributed by atoms with van der Waals surface area (Å²) in [5.74, 6) is -1.86. The third kappa shape index (κ3) is 9.31. The highest BCUT2D eigenvalue weighted by molar-refractivity contribution is 5.89. The number of carbonyl (C=O) groups is 2. The monoisotopic (exact) mass is 852 g/mol. The Morgan fingerprint density at radius 2 is 1.66 bits per heavy atom. The highest BCUT2D eigenvalue weighted by Crippen LogP contribution is 2.53. The van der Waals surface area contributed by atoms with Crippen LogP contribution >= 0.6 is 0 Å². The SMILES string of the molecule is C=CCC1O[C@@H]2[C@H]3O[C@@H]4C[C@@](CC[C@H]5CC(=C)C(CC[C@H]6C[C@@H](C)C(=C)C(C[C@@H]7O[C@H](C[C@H](O)CO)[C@H](OC)[C@H]7CC(=O)OC)O6)O5)(O[C@H]24)O[C@H]3[C@H]1OC(=O)c1ccccc1. The molecule has 8 aliphatic rings. The Labute approximate surface area is 358 Å². The Hall–Kier alpha value is -3.02. The molecular weight excluding hydrogens is 789 g/mol. The van der Waals surface area contributed by atoms with Crippen molar-refractivity contribution in [3.63, 3.8) is 0 Å². The molecule has 0 spiro atoms. The number of aliphatic hydroxyl groups is 2. The average molecular weight is 853 g/mol. The fourth-order valence-corrected chi connectivity index (χ4v) is 11.0. The van der Waals surface area contributed by atoms with E-state index in [2.05, 4.69) is 26.7 Å². The van der Waals surface area contributed by atoms with Gasteiger partial charge in [-0.3, -0.25) is 4.79 Å². The first kappa shape index (κ1) is 44.6. The summed E-state index contributed by atoms with van der Waals surface area (Å²) in [5.41, 5.74) is 2.49. The molecule has 61 heavy (non-hydrogen) atoms. The Morgan fingerprint density at radius 1 is 0.902 bits per heavy atom. The fraction of sp³-hybridized carbons (Fsp3) is 0.702. The second kappa shape index (κ2) is 19.0. The molecule has 8 saturated heterocycles. The van der Waals surface area contributed by atoms with Crippen molar-refractivity contribution in [3.05, 3.63) is 72.9 Å². The molecule has 18 atom stereocenters. The number of benzene rings is 1. The molecule has 3 unspecified atom stereocenters. The van der Waals surface area contributed by atoms with Gasteiger partial charge in [-0.25, -0.2) is 4.79 Å². The molecule has 336 valence electrons. The Bertz CT molecular complexity index is 1740. The van der Waals surface area contributed by atoms with Gasteiger partial charge in [-0.1, -0.05) is 44.4 Å². The van der Waals surface area contributed by atoms with Crippen LogP contribution in [0.25, 0.3) is 0 Å². The van der Waals surface area contributed by atoms with Crippen LogP contribution in [0.2, 0.25) is 0 Å². The third-order valence-electron chi connectivity index (χ3n) is 14.2. The van der Waals surface area contributed by atoms with Crippen molar-refractivity contribution in [2.45, 2.75) is 175 Å². The van der Waals surface area contributed by atoms with Crippen LogP contribution in [-0.4, -0.2) is 140 Å². The lowest BCUT2D eigenvalue weighted by molar-refractivity contribution is -0.272. The van der Waals surface area contributed by atoms with Crippen molar-refractivity contribution in [3.8, 4) is 0 Å². The minimum absolute atomic E-state index is 0.0457. The second-order valence-corrected chi connectivity index (χ2v) is 18.2. The molecule has 8 aliphatic heterocycles. The lowest BCUT2D eigenvalue weighted by atomic mass is 9.82. The van der Waals surface area contributed by atoms with Crippen LogP contribution in [0, 0.1) is 11.8 Å². The second-order valence-electron chi connectivity index (χ2n) is 18.2. The summed E-state index contributed by atoms with van der Waals surface area (Å²) in [4.78, 5) is 25.8. The molecular formula is C47H64O14. The van der Waals surface area contributed by atoms with E-state index >= 15 is 0 Å². The molecule has 0 aromatic heterocycles. The molecule has 14 nitrogen and oxygen atoms in total. The number of carbonyl (C=O) groups excluding carboxylic acids is 2. The van der Waals surface area contributed by atoms with E-state index in [0.717, 1.165) is 36.8 Å². The van der Waals surface area contributed by atoms with Crippen LogP contribution in [0.4, 0.5) is 0 Å². The van der Waals surface area contributed by atoms with E-state index < -0.39 is 67.2 Å². The molecule has 0 radical (unpaired) electrons. The summed E-state index contributed by atoms with van der Waals surface area (Å²) in [7, 11) is 2.93. The van der Waals surface area contributed by atoms with Crippen LogP contribution in [-0.2, 0) is 52.2 Å². The van der Waals surface area contributed by atoms with Gasteiger partial charge in [0.15, 0.2) is 11.9 Å². The van der Waals surface area contributed by atoms with Gasteiger partial charge in [0.2, 0.25) is 0 Å². The maximum atomic E-state index is 13.3. The summed E-state index contributed by atoms with van der Waals surface area (Å²) in [6.07, 6.45) is 2.09. The maximum absolute atomic E-state index is 13.3. The number of hydrogen-bond acceptors (Lipinski definition) is 14. The number of esters is 2. The zero-order chi connectivity index (χ0) is 43.0. The molecule has 0 aliphatic carbocycles. The first-order valence-corrected chi connectivity index (χ1v) is 22.2. The van der Waals surface area contributed by atoms with Crippen molar-refractivity contribution in [1.82, 2.24) is 0 Å². The number of ether oxygens (including phenoxy) is 10. The van der Waals surface area contributed by atoms with Gasteiger partial charge in [-0.15, -0.1) is 6.58 Å². The largest absolute Gasteiger partial charge is 0.469 e. The predicted octanol–water partition coefficient (Wildman–Crippen LogP) is 4.93. The van der Waals surface area contributed by atoms with Crippen LogP contribution < -0.4 is 0 Å². The topological polar surface area (TPSA) is 167 Å². The molecule has 8 fully saturated rings. The van der Waals surface area contributed by atoms with Gasteiger partial charge in [0.1, 0.15) is 30.5 Å². The van der Waals surface area contributed by atoms with Crippen LogP contribution in [0.15, 0.2) is 67.3 Å². The van der Waals surface area contributed by atoms with E-state index in [1.165, 1.54) is 7.11 Å². The normalized spacial score (nSPS) is 41.8. The molecule has 8 heterocycles. The van der Waals surface area contributed by atoms with Crippen LogP contribution in [0.1, 0.15) is 87.9 Å². The van der Waals surface area contributed by atoms with Gasteiger partial charge >= 0.3 is 11.9 Å². The lowest BCUT2D eigenvalue weighted by Gasteiger charge is -2.43. The minimum Gasteiger partial charge on any atom is -0.469 e. The minimum atomic E-state index is -0.970. The number of rotatable bonds is 18. The first-order valence-electron chi connectivity index (χ1n) is 22.2. The summed E-state index contributed by atoms with van der Waals surface area (Å²) in [6.45, 7) is 14.5. The maximum Gasteiger partial charge on any atom is 0.338 e. The van der Waals surface area contributed by atoms with Gasteiger partial charge in [0.25, 0.3) is 0 Å². The van der Waals surface area contributed by atoms with E-state index in [0.29, 0.717) is 37.7 Å². The lowest BCUT2D eigenvalue weighted by Crippen LogP contribution is -2.59. The zero-order valence-electron chi connectivity index (χ0n) is 35.7. The van der Waals surface area contributed by atoms with E-state index in [4.69, 9.17) is 47.4 Å². The Balaban J connectivity index is 0.870. The molecule has 1 aromatic carbocycles. The number of hydrogen-bond donors (Lipinski definition) is 2. The first-order chi connectivity index (χ1) is 29.4. The van der Waals surface area contributed by atoms with E-state index in [1.807, 2.05) is 6.07 Å². The van der Waals surface area contributed by atoms with Crippen molar-refractivity contribution in [2.24, 2.45) is 11.8 Å². The summed E-state index contributed by atoms with van der Waals surface area (Å²) >= 11 is 0. The molecule has 1 aromatic rings. The zero-order valence-corrected chi connectivity index (χ0v) is 35.7. The molecule has 2 N–H and O–H groups in total. The molecule has 6 bridgehead atoms. The standard InChI is InChI=1S/C47H64O14/c1-7-11-34-41(59-46(51)28-12-9-8-10-13-28)45-44-43(57-34)42-38(58-44)23-47(60-42,61-45)17-16-31-19-26(3)33(54-31)15-14-30-18-25(2)27(4)35(55-30)22-36-32(21-39(50)52-5)40(53-6)37(56-36)20-29(49)24-48/h7-10,12-13,25,29-38,40-45,48-49H,1,3-4,11,14-24H2,2,5-6H3/t25-,29+,30+,31+,32+,33?,34?,35?,36+,37-,38-,40-,41+,42+,43+,44-,45+,47+/m1/s1. The third-order valence-corrected chi connectivity index (χ3v) is 14.2. The highest BCUT2D eigenvalue weighted by Gasteiger charge is 2.68. The van der Waals surface area contributed by atoms with Crippen LogP contribution in [0.5, 0.6) is 0 Å². The average Bonchev–Trinajstić information content (AvgIpc) is 3.94. The Kier molecular flexibility index (Phi) is 13.9. The predicted molar refractivity (Wildman–Crippen MR) is 219 cm³/mol. The van der Waals surface area contributed by atoms with Crippen LogP contribution in [0.3, 0.4) is 0 Å². The van der Waals surface area contributed by atoms with Gasteiger partial charge in [0.05, 0.1) is 80.6 Å². The van der Waals surface area contributed by atoms with Crippen molar-refractivity contribution in [1.29, 1.82) is 0 Å². The number of methoxy groups -OCH3 is 2. The molecule has 14 heteroatoms. The molecule has 0 amide bonds. The van der Waals surface area contributed by atoms with E-state index in [-0.39, 0.29) is 73.4 Å². The fourth-order valence-electron chi connectivity index (χ4n) is 11.0. The smallest absolute Gasteiger partial charge is 0.338 e. The van der Waals surface area contributed by atoms with Gasteiger partial charge < -0.3 is 57.6 Å². The van der Waals surface area contributed by atoms with Gasteiger partial charge in [0, 0.05) is 38.7 Å². The summed E-state index contributed by atoms with van der Waals surface area (Å²) in [6, 6.07) is 8.92. The quantitative estimate of drug-likeness (QED) is 0.151.